The highest BCUT2D eigenvalue weighted by molar-refractivity contribution is 6.10. The van der Waals surface area contributed by atoms with E-state index in [1.54, 1.807) is 12.1 Å². The van der Waals surface area contributed by atoms with Crippen LogP contribution in [0.1, 0.15) is 42.6 Å². The van der Waals surface area contributed by atoms with Crippen LogP contribution in [0.5, 0.6) is 0 Å². The maximum atomic E-state index is 12.1. The molecule has 1 aromatic rings. The molecule has 1 atom stereocenters. The summed E-state index contributed by atoms with van der Waals surface area (Å²) in [6.07, 6.45) is 1.21. The standard InChI is InChI=1S/C16H21N3O2/c1-10(2)8-13-9-14(20)18-16(17-13)19-15(21)12-6-4-11(3)5-7-12/h4-7,10,13H,8-9H2,1-3H3,(H2,17,18,19,20,21). The Morgan fingerprint density at radius 1 is 1.38 bits per heavy atom. The molecule has 1 aliphatic rings. The minimum Gasteiger partial charge on any atom is -0.296 e. The van der Waals surface area contributed by atoms with Crippen molar-refractivity contribution in [1.29, 1.82) is 0 Å². The van der Waals surface area contributed by atoms with Crippen LogP contribution in [0.4, 0.5) is 0 Å². The lowest BCUT2D eigenvalue weighted by atomic mass is 10.0. The van der Waals surface area contributed by atoms with E-state index < -0.39 is 0 Å². The second kappa shape index (κ2) is 6.52. The molecule has 5 heteroatoms. The molecule has 0 aromatic heterocycles. The van der Waals surface area contributed by atoms with Gasteiger partial charge in [0.2, 0.25) is 11.9 Å². The fraction of sp³-hybridized carbons (Fsp3) is 0.438. The van der Waals surface area contributed by atoms with Crippen LogP contribution in [0.15, 0.2) is 29.3 Å². The van der Waals surface area contributed by atoms with Gasteiger partial charge in [0.15, 0.2) is 0 Å². The van der Waals surface area contributed by atoms with Crippen molar-refractivity contribution in [2.24, 2.45) is 10.9 Å². The van der Waals surface area contributed by atoms with Crippen LogP contribution in [0, 0.1) is 12.8 Å². The number of benzene rings is 1. The Balaban J connectivity index is 2.06. The van der Waals surface area contributed by atoms with Gasteiger partial charge in [0.25, 0.3) is 5.91 Å². The summed E-state index contributed by atoms with van der Waals surface area (Å²) in [4.78, 5) is 28.2. The molecule has 2 N–H and O–H groups in total. The molecule has 21 heavy (non-hydrogen) atoms. The van der Waals surface area contributed by atoms with Gasteiger partial charge in [-0.25, -0.2) is 4.99 Å². The Hall–Kier alpha value is -2.17. The summed E-state index contributed by atoms with van der Waals surface area (Å²) in [5.74, 6) is 0.343. The number of aryl methyl sites for hydroxylation is 1. The Morgan fingerprint density at radius 3 is 2.67 bits per heavy atom. The normalized spacial score (nSPS) is 18.2. The van der Waals surface area contributed by atoms with Crippen molar-refractivity contribution in [2.45, 2.75) is 39.7 Å². The summed E-state index contributed by atoms with van der Waals surface area (Å²) >= 11 is 0. The summed E-state index contributed by atoms with van der Waals surface area (Å²) in [7, 11) is 0. The van der Waals surface area contributed by atoms with Crippen molar-refractivity contribution in [1.82, 2.24) is 10.6 Å². The Kier molecular flexibility index (Phi) is 4.73. The molecule has 0 saturated heterocycles. The topological polar surface area (TPSA) is 70.6 Å². The van der Waals surface area contributed by atoms with Gasteiger partial charge >= 0.3 is 0 Å². The highest BCUT2D eigenvalue weighted by atomic mass is 16.2. The summed E-state index contributed by atoms with van der Waals surface area (Å²) in [6, 6.07) is 7.19. The Morgan fingerprint density at radius 2 is 2.05 bits per heavy atom. The molecule has 0 bridgehead atoms. The first-order valence-electron chi connectivity index (χ1n) is 7.19. The fourth-order valence-corrected chi connectivity index (χ4v) is 2.29. The van der Waals surface area contributed by atoms with Crippen molar-refractivity contribution >= 4 is 17.8 Å². The molecule has 1 aromatic carbocycles. The van der Waals surface area contributed by atoms with E-state index in [4.69, 9.17) is 0 Å². The first-order chi connectivity index (χ1) is 9.94. The smallest absolute Gasteiger partial charge is 0.257 e. The Labute approximate surface area is 124 Å². The first-order valence-corrected chi connectivity index (χ1v) is 7.19. The summed E-state index contributed by atoms with van der Waals surface area (Å²) in [6.45, 7) is 6.14. The average Bonchev–Trinajstić information content (AvgIpc) is 2.37. The molecule has 0 fully saturated rings. The van der Waals surface area contributed by atoms with Gasteiger partial charge in [0, 0.05) is 12.0 Å². The summed E-state index contributed by atoms with van der Waals surface area (Å²) in [5.41, 5.74) is 1.63. The molecule has 0 radical (unpaired) electrons. The van der Waals surface area contributed by atoms with Crippen LogP contribution in [0.25, 0.3) is 0 Å². The average molecular weight is 287 g/mol. The van der Waals surface area contributed by atoms with E-state index >= 15 is 0 Å². The fourth-order valence-electron chi connectivity index (χ4n) is 2.29. The van der Waals surface area contributed by atoms with Gasteiger partial charge < -0.3 is 0 Å². The number of carbonyl (C=O) groups is 2. The van der Waals surface area contributed by atoms with E-state index in [1.165, 1.54) is 0 Å². The van der Waals surface area contributed by atoms with Gasteiger partial charge in [-0.15, -0.1) is 0 Å². The predicted octanol–water partition coefficient (Wildman–Crippen LogP) is 2.02. The van der Waals surface area contributed by atoms with E-state index in [1.807, 2.05) is 19.1 Å². The van der Waals surface area contributed by atoms with Crippen molar-refractivity contribution < 1.29 is 9.59 Å². The lowest BCUT2D eigenvalue weighted by molar-refractivity contribution is -0.120. The van der Waals surface area contributed by atoms with Gasteiger partial charge in [-0.3, -0.25) is 20.2 Å². The largest absolute Gasteiger partial charge is 0.296 e. The number of hydrogen-bond donors (Lipinski definition) is 2. The molecule has 2 rings (SSSR count). The maximum absolute atomic E-state index is 12.1. The van der Waals surface area contributed by atoms with E-state index in [9.17, 15) is 9.59 Å². The third-order valence-corrected chi connectivity index (χ3v) is 3.28. The number of rotatable bonds is 3. The number of nitrogens with zero attached hydrogens (tertiary/aromatic N) is 1. The van der Waals surface area contributed by atoms with Crippen LogP contribution < -0.4 is 10.6 Å². The second-order valence-electron chi connectivity index (χ2n) is 5.83. The zero-order valence-electron chi connectivity index (χ0n) is 12.6. The van der Waals surface area contributed by atoms with E-state index in [2.05, 4.69) is 29.5 Å². The van der Waals surface area contributed by atoms with Crippen molar-refractivity contribution in [3.05, 3.63) is 35.4 Å². The molecule has 112 valence electrons. The zero-order chi connectivity index (χ0) is 15.4. The van der Waals surface area contributed by atoms with E-state index in [0.717, 1.165) is 12.0 Å². The SMILES string of the molecule is Cc1ccc(C(=O)NC2=NC(CC(C)C)CC(=O)N2)cc1. The molecule has 0 aliphatic carbocycles. The number of carbonyl (C=O) groups excluding carboxylic acids is 2. The third kappa shape index (κ3) is 4.41. The summed E-state index contributed by atoms with van der Waals surface area (Å²) < 4.78 is 0. The quantitative estimate of drug-likeness (QED) is 0.893. The van der Waals surface area contributed by atoms with Crippen molar-refractivity contribution in [3.63, 3.8) is 0 Å². The maximum Gasteiger partial charge on any atom is 0.257 e. The molecule has 5 nitrogen and oxygen atoms in total. The minimum atomic E-state index is -0.265. The number of amides is 2. The predicted molar refractivity (Wildman–Crippen MR) is 82.1 cm³/mol. The van der Waals surface area contributed by atoms with Crippen LogP contribution >= 0.6 is 0 Å². The summed E-state index contributed by atoms with van der Waals surface area (Å²) in [5, 5.41) is 5.28. The first kappa shape index (κ1) is 15.2. The van der Waals surface area contributed by atoms with Crippen molar-refractivity contribution in [3.8, 4) is 0 Å². The second-order valence-corrected chi connectivity index (χ2v) is 5.83. The monoisotopic (exact) mass is 287 g/mol. The van der Waals surface area contributed by atoms with Crippen molar-refractivity contribution in [2.75, 3.05) is 0 Å². The molecular formula is C16H21N3O2. The van der Waals surface area contributed by atoms with Crippen LogP contribution in [0.3, 0.4) is 0 Å². The number of hydrogen-bond acceptors (Lipinski definition) is 3. The molecule has 2 amide bonds. The zero-order valence-corrected chi connectivity index (χ0v) is 12.6. The molecule has 0 spiro atoms. The van der Waals surface area contributed by atoms with Gasteiger partial charge in [-0.05, 0) is 31.4 Å². The van der Waals surface area contributed by atoms with Crippen LogP contribution in [-0.4, -0.2) is 23.8 Å². The Bertz CT molecular complexity index is 561. The molecule has 1 unspecified atom stereocenters. The highest BCUT2D eigenvalue weighted by Gasteiger charge is 2.23. The molecular weight excluding hydrogens is 266 g/mol. The van der Waals surface area contributed by atoms with Gasteiger partial charge in [0.1, 0.15) is 0 Å². The molecule has 0 saturated carbocycles. The van der Waals surface area contributed by atoms with Crippen LogP contribution in [-0.2, 0) is 4.79 Å². The number of aliphatic imine (C=N–C) groups is 1. The molecule has 1 aliphatic heterocycles. The third-order valence-electron chi connectivity index (χ3n) is 3.28. The lowest BCUT2D eigenvalue weighted by Gasteiger charge is -2.22. The minimum absolute atomic E-state index is 0.0629. The number of nitrogens with one attached hydrogen (secondary N) is 2. The van der Waals surface area contributed by atoms with Crippen LogP contribution in [0.2, 0.25) is 0 Å². The number of guanidine groups is 1. The van der Waals surface area contributed by atoms with E-state index in [0.29, 0.717) is 17.9 Å². The molecule has 1 heterocycles. The lowest BCUT2D eigenvalue weighted by Crippen LogP contribution is -2.48. The van der Waals surface area contributed by atoms with E-state index in [-0.39, 0.29) is 23.8 Å². The van der Waals surface area contributed by atoms with Gasteiger partial charge in [-0.2, -0.15) is 0 Å². The van der Waals surface area contributed by atoms with Gasteiger partial charge in [0.05, 0.1) is 6.04 Å². The van der Waals surface area contributed by atoms with Gasteiger partial charge in [-0.1, -0.05) is 31.5 Å². The highest BCUT2D eigenvalue weighted by Crippen LogP contribution is 2.14.